The van der Waals surface area contributed by atoms with Crippen LogP contribution in [0.15, 0.2) is 37.2 Å². The molecule has 5 rings (SSSR count). The van der Waals surface area contributed by atoms with E-state index in [0.29, 0.717) is 0 Å². The molecular formula is C21H29N7O17P3+. The van der Waals surface area contributed by atoms with E-state index < -0.39 is 91.7 Å². The average Bonchev–Trinajstić information content (AvgIpc) is 3.64. The van der Waals surface area contributed by atoms with E-state index in [4.69, 9.17) is 30.0 Å². The molecule has 0 aromatic carbocycles. The van der Waals surface area contributed by atoms with Gasteiger partial charge in [-0.05, 0) is 6.07 Å². The largest absolute Gasteiger partial charge is 0.481 e. The number of aromatic nitrogens is 5. The molecule has 1 amide bonds. The second-order valence-electron chi connectivity index (χ2n) is 10.3. The molecule has 48 heavy (non-hydrogen) atoms. The normalized spacial score (nSPS) is 30.3. The predicted octanol–water partition coefficient (Wildman–Crippen LogP) is -2.90. The number of carbonyl (C=O) groups excluding carboxylic acids is 1. The number of nitrogens with zero attached hydrogens (tertiary/aromatic N) is 5. The average molecular weight is 744 g/mol. The Morgan fingerprint density at radius 2 is 1.60 bits per heavy atom. The molecule has 5 heterocycles. The number of nitrogens with two attached hydrogens (primary N) is 2. The number of rotatable bonds is 13. The third-order valence-electron chi connectivity index (χ3n) is 6.98. The number of aliphatic hydroxyl groups excluding tert-OH is 3. The van der Waals surface area contributed by atoms with E-state index in [1.165, 1.54) is 29.1 Å². The highest BCUT2D eigenvalue weighted by Crippen LogP contribution is 2.61. The molecule has 0 radical (unpaired) electrons. The molecule has 27 heteroatoms. The van der Waals surface area contributed by atoms with Crippen molar-refractivity contribution in [2.75, 3.05) is 18.9 Å². The molecule has 0 saturated carbocycles. The minimum atomic E-state index is -5.52. The number of hydrogen-bond donors (Lipinski definition) is 9. The van der Waals surface area contributed by atoms with Gasteiger partial charge in [-0.1, -0.05) is 0 Å². The first-order valence-electron chi connectivity index (χ1n) is 13.3. The van der Waals surface area contributed by atoms with Crippen molar-refractivity contribution < 1.29 is 85.3 Å². The number of hydrogen-bond acceptors (Lipinski definition) is 17. The maximum Gasteiger partial charge on any atom is 0.481 e. The number of aliphatic hydroxyl groups is 3. The van der Waals surface area contributed by atoms with Crippen LogP contribution in [0.1, 0.15) is 22.8 Å². The number of carbonyl (C=O) groups is 1. The molecular weight excluding hydrogens is 715 g/mol. The van der Waals surface area contributed by atoms with Gasteiger partial charge >= 0.3 is 23.5 Å². The van der Waals surface area contributed by atoms with Gasteiger partial charge in [-0.2, -0.15) is 8.88 Å². The van der Waals surface area contributed by atoms with Crippen molar-refractivity contribution in [3.05, 3.63) is 42.7 Å². The number of phosphoric ester groups is 3. The molecule has 24 nitrogen and oxygen atoms in total. The van der Waals surface area contributed by atoms with Crippen LogP contribution in [0.25, 0.3) is 11.2 Å². The number of imidazole rings is 1. The molecule has 2 unspecified atom stereocenters. The van der Waals surface area contributed by atoms with Gasteiger partial charge in [0.25, 0.3) is 12.1 Å². The Bertz CT molecular complexity index is 1810. The van der Waals surface area contributed by atoms with E-state index in [1.54, 1.807) is 0 Å². The van der Waals surface area contributed by atoms with Crippen molar-refractivity contribution in [1.29, 1.82) is 0 Å². The maximum absolute atomic E-state index is 12.6. The number of pyridine rings is 1. The molecule has 11 N–H and O–H groups in total. The fourth-order valence-corrected chi connectivity index (χ4v) is 7.47. The summed E-state index contributed by atoms with van der Waals surface area (Å²) < 4.78 is 68.4. The molecule has 2 fully saturated rings. The van der Waals surface area contributed by atoms with Crippen LogP contribution in [-0.4, -0.2) is 110 Å². The van der Waals surface area contributed by atoms with Crippen LogP contribution in [0.3, 0.4) is 0 Å². The SMILES string of the molecule is NC(=O)c1ccc[n+]([C@@H]2O[C@H](COP(=O)(O)OP(=O)(O)OC[C@H]3O[C@@H](n4cnc5c(N)ncnc54)[C@@H](OP(=O)(O)O)[C@H]3O)[C@H](O)[C@@H]2O)c1. The Hall–Kier alpha value is -2.86. The summed E-state index contributed by atoms with van der Waals surface area (Å²) in [5.74, 6) is -0.848. The summed E-state index contributed by atoms with van der Waals surface area (Å²) >= 11 is 0. The van der Waals surface area contributed by atoms with E-state index in [9.17, 15) is 53.4 Å². The van der Waals surface area contributed by atoms with Gasteiger partial charge in [0.15, 0.2) is 36.2 Å². The van der Waals surface area contributed by atoms with Crippen molar-refractivity contribution in [3.63, 3.8) is 0 Å². The van der Waals surface area contributed by atoms with Gasteiger partial charge in [0.1, 0.15) is 47.9 Å². The van der Waals surface area contributed by atoms with Crippen LogP contribution in [0.2, 0.25) is 0 Å². The summed E-state index contributed by atoms with van der Waals surface area (Å²) in [6.07, 6.45) is -8.39. The van der Waals surface area contributed by atoms with Crippen LogP contribution in [0.4, 0.5) is 5.82 Å². The highest BCUT2D eigenvalue weighted by molar-refractivity contribution is 7.61. The Balaban J connectivity index is 1.21. The van der Waals surface area contributed by atoms with E-state index in [-0.39, 0.29) is 22.5 Å². The Labute approximate surface area is 267 Å². The van der Waals surface area contributed by atoms with Crippen molar-refractivity contribution >= 4 is 46.4 Å². The van der Waals surface area contributed by atoms with Crippen LogP contribution in [-0.2, 0) is 41.1 Å². The van der Waals surface area contributed by atoms with E-state index >= 15 is 0 Å². The first-order chi connectivity index (χ1) is 22.4. The van der Waals surface area contributed by atoms with E-state index in [2.05, 4.69) is 23.8 Å². The highest BCUT2D eigenvalue weighted by atomic mass is 31.3. The monoisotopic (exact) mass is 744 g/mol. The number of amides is 1. The molecule has 0 bridgehead atoms. The van der Waals surface area contributed by atoms with Gasteiger partial charge in [0, 0.05) is 6.07 Å². The Kier molecular flexibility index (Phi) is 10.5. The lowest BCUT2D eigenvalue weighted by Gasteiger charge is -2.22. The summed E-state index contributed by atoms with van der Waals surface area (Å²) in [6, 6.07) is 2.79. The summed E-state index contributed by atoms with van der Waals surface area (Å²) in [6.45, 7) is -2.03. The number of phosphoric acid groups is 3. The van der Waals surface area contributed by atoms with E-state index in [0.717, 1.165) is 17.2 Å². The van der Waals surface area contributed by atoms with Crippen molar-refractivity contribution in [1.82, 2.24) is 19.5 Å². The van der Waals surface area contributed by atoms with Gasteiger partial charge in [-0.15, -0.1) is 0 Å². The zero-order valence-corrected chi connectivity index (χ0v) is 26.6. The van der Waals surface area contributed by atoms with Gasteiger partial charge in [0.05, 0.1) is 19.5 Å². The minimum absolute atomic E-state index is 0.00286. The van der Waals surface area contributed by atoms with E-state index in [1.807, 2.05) is 0 Å². The first kappa shape index (κ1) is 36.4. The summed E-state index contributed by atoms with van der Waals surface area (Å²) in [4.78, 5) is 62.2. The number of primary amides is 1. The second-order valence-corrected chi connectivity index (χ2v) is 14.5. The zero-order chi connectivity index (χ0) is 35.2. The van der Waals surface area contributed by atoms with Gasteiger partial charge < -0.3 is 55.8 Å². The molecule has 3 aromatic heterocycles. The molecule has 0 spiro atoms. The van der Waals surface area contributed by atoms with Crippen LogP contribution >= 0.6 is 23.5 Å². The molecule has 2 aliphatic heterocycles. The van der Waals surface area contributed by atoms with Gasteiger partial charge in [-0.25, -0.2) is 28.6 Å². The van der Waals surface area contributed by atoms with Crippen LogP contribution in [0.5, 0.6) is 0 Å². The maximum atomic E-state index is 12.6. The first-order valence-corrected chi connectivity index (χ1v) is 17.9. The second kappa shape index (κ2) is 13.8. The third-order valence-corrected chi connectivity index (χ3v) is 10.1. The minimum Gasteiger partial charge on any atom is -0.387 e. The smallest absolute Gasteiger partial charge is 0.387 e. The molecule has 2 aliphatic rings. The van der Waals surface area contributed by atoms with Gasteiger partial charge in [0.2, 0.25) is 0 Å². The topological polar surface area (TPSA) is 365 Å². The highest BCUT2D eigenvalue weighted by Gasteiger charge is 2.51. The summed E-state index contributed by atoms with van der Waals surface area (Å²) in [7, 11) is -16.3. The number of nitrogen functional groups attached to an aromatic ring is 1. The zero-order valence-electron chi connectivity index (χ0n) is 23.9. The van der Waals surface area contributed by atoms with Crippen molar-refractivity contribution in [3.8, 4) is 0 Å². The number of anilines is 1. The van der Waals surface area contributed by atoms with Crippen LogP contribution < -0.4 is 16.0 Å². The van der Waals surface area contributed by atoms with Crippen molar-refractivity contribution in [2.24, 2.45) is 5.73 Å². The number of ether oxygens (including phenoxy) is 2. The summed E-state index contributed by atoms with van der Waals surface area (Å²) in [5, 5.41) is 31.5. The summed E-state index contributed by atoms with van der Waals surface area (Å²) in [5.41, 5.74) is 11.1. The van der Waals surface area contributed by atoms with Gasteiger partial charge in [-0.3, -0.25) is 22.9 Å². The molecule has 10 atom stereocenters. The molecule has 0 aliphatic carbocycles. The quantitative estimate of drug-likeness (QED) is 0.0626. The van der Waals surface area contributed by atoms with Crippen molar-refractivity contribution in [2.45, 2.75) is 49.1 Å². The lowest BCUT2D eigenvalue weighted by molar-refractivity contribution is -0.765. The Morgan fingerprint density at radius 3 is 2.23 bits per heavy atom. The fraction of sp³-hybridized carbons (Fsp3) is 0.476. The predicted molar refractivity (Wildman–Crippen MR) is 150 cm³/mol. The molecule has 2 saturated heterocycles. The lowest BCUT2D eigenvalue weighted by Crippen LogP contribution is -2.46. The third kappa shape index (κ3) is 8.12. The number of fused-ring (bicyclic) bond motifs is 1. The fourth-order valence-electron chi connectivity index (χ4n) is 4.83. The molecule has 264 valence electrons. The Morgan fingerprint density at radius 1 is 0.958 bits per heavy atom. The molecule has 3 aromatic rings. The van der Waals surface area contributed by atoms with Crippen LogP contribution in [0, 0.1) is 0 Å². The standard InChI is InChI=1S/C21H28N7O17P3/c22-17-12-19(25-7-24-17)28(8-26-12)21-16(44-46(33,34)35)14(30)11(43-21)6-41-48(38,39)45-47(36,37)40-5-10-13(29)15(31)20(42-10)27-3-1-2-9(4-27)18(23)32/h1-4,7-8,10-11,13-16,20-21,29-31H,5-6H2,(H7-,22,23,24,25,32,33,34,35,36,37,38,39)/p+1/t10-,11-,13+,14+,15+,16+,20-,21-/m1/s1. The lowest BCUT2D eigenvalue weighted by atomic mass is 10.1.